The van der Waals surface area contributed by atoms with E-state index in [4.69, 9.17) is 4.74 Å². The summed E-state index contributed by atoms with van der Waals surface area (Å²) >= 11 is 4.67. The molecule has 3 aromatic rings. The van der Waals surface area contributed by atoms with Gasteiger partial charge in [0.1, 0.15) is 10.5 Å². The molecule has 0 saturated heterocycles. The Morgan fingerprint density at radius 3 is 1.50 bits per heavy atom. The maximum atomic E-state index is 12.6. The summed E-state index contributed by atoms with van der Waals surface area (Å²) in [5, 5.41) is 2.70. The number of alkyl carbamates (subject to hydrolysis) is 1. The van der Waals surface area contributed by atoms with Gasteiger partial charge in [-0.05, 0) is 37.5 Å². The van der Waals surface area contributed by atoms with Gasteiger partial charge in [-0.25, -0.2) is 4.79 Å². The molecule has 166 valence electrons. The largest absolute Gasteiger partial charge is 0.444 e. The van der Waals surface area contributed by atoms with Crippen LogP contribution in [0.15, 0.2) is 91.0 Å². The van der Waals surface area contributed by atoms with Crippen molar-refractivity contribution in [2.75, 3.05) is 0 Å². The molecule has 0 heterocycles. The minimum absolute atomic E-state index is 0.184. The summed E-state index contributed by atoms with van der Waals surface area (Å²) in [7, 11) is 0. The van der Waals surface area contributed by atoms with Crippen molar-refractivity contribution in [3.63, 3.8) is 0 Å². The normalized spacial score (nSPS) is 13.6. The minimum Gasteiger partial charge on any atom is -0.444 e. The topological polar surface area (TPSA) is 55.4 Å². The number of carbonyl (C=O) groups excluding carboxylic acids is 2. The van der Waals surface area contributed by atoms with Crippen molar-refractivity contribution in [3.05, 3.63) is 108 Å². The fraction of sp³-hybridized carbons (Fsp3) is 0.259. The molecule has 0 aliphatic carbocycles. The molecule has 0 radical (unpaired) electrons. The number of nitrogens with one attached hydrogen (secondary N) is 1. The first-order valence-corrected chi connectivity index (χ1v) is 11.0. The quantitative estimate of drug-likeness (QED) is 0.210. The molecule has 0 fully saturated rings. The van der Waals surface area contributed by atoms with Crippen molar-refractivity contribution in [1.82, 2.24) is 5.32 Å². The van der Waals surface area contributed by atoms with Crippen molar-refractivity contribution >= 4 is 25.0 Å². The Morgan fingerprint density at radius 1 is 0.812 bits per heavy atom. The predicted octanol–water partition coefficient (Wildman–Crippen LogP) is 5.76. The Labute approximate surface area is 195 Å². The zero-order valence-corrected chi connectivity index (χ0v) is 19.5. The zero-order chi connectivity index (χ0) is 23.2. The van der Waals surface area contributed by atoms with Crippen LogP contribution < -0.4 is 5.32 Å². The van der Waals surface area contributed by atoms with Gasteiger partial charge in [0.05, 0.1) is 0 Å². The standard InChI is InChI=1S/C27H29NO3S/c1-25(2,3)31-24(30)28-26(32,20-29)19-27(21-13-7-4-8-14-21,22-15-9-5-10-16-22)23-17-11-6-12-18-23/h4-18,20,32H,19H2,1-3H3,(H,28,30). The molecule has 32 heavy (non-hydrogen) atoms. The van der Waals surface area contributed by atoms with Crippen LogP contribution in [0, 0.1) is 0 Å². The Kier molecular flexibility index (Phi) is 7.09. The number of amides is 1. The molecule has 0 aliphatic rings. The van der Waals surface area contributed by atoms with Gasteiger partial charge in [-0.2, -0.15) is 0 Å². The number of aldehydes is 1. The van der Waals surface area contributed by atoms with E-state index >= 15 is 0 Å². The number of thiol groups is 1. The maximum Gasteiger partial charge on any atom is 0.409 e. The maximum absolute atomic E-state index is 12.6. The highest BCUT2D eigenvalue weighted by Crippen LogP contribution is 2.45. The highest BCUT2D eigenvalue weighted by Gasteiger charge is 2.44. The summed E-state index contributed by atoms with van der Waals surface area (Å²) < 4.78 is 5.41. The van der Waals surface area contributed by atoms with Crippen LogP contribution in [0.1, 0.15) is 43.9 Å². The second-order valence-electron chi connectivity index (χ2n) is 8.85. The lowest BCUT2D eigenvalue weighted by molar-refractivity contribution is -0.111. The molecule has 0 aliphatic heterocycles. The van der Waals surface area contributed by atoms with Gasteiger partial charge in [0, 0.05) is 11.8 Å². The number of hydrogen-bond donors (Lipinski definition) is 2. The molecule has 3 rings (SSSR count). The van der Waals surface area contributed by atoms with Gasteiger partial charge in [0.25, 0.3) is 0 Å². The molecule has 0 bridgehead atoms. The molecular weight excluding hydrogens is 418 g/mol. The van der Waals surface area contributed by atoms with E-state index in [0.717, 1.165) is 16.7 Å². The molecular formula is C27H29NO3S. The lowest BCUT2D eigenvalue weighted by Gasteiger charge is -2.41. The van der Waals surface area contributed by atoms with Gasteiger partial charge < -0.3 is 10.1 Å². The van der Waals surface area contributed by atoms with Crippen LogP contribution >= 0.6 is 12.6 Å². The lowest BCUT2D eigenvalue weighted by Crippen LogP contribution is -2.52. The summed E-state index contributed by atoms with van der Waals surface area (Å²) in [6.45, 7) is 5.32. The van der Waals surface area contributed by atoms with Crippen LogP contribution in [0.25, 0.3) is 0 Å². The Morgan fingerprint density at radius 2 is 1.19 bits per heavy atom. The molecule has 0 aromatic heterocycles. The van der Waals surface area contributed by atoms with E-state index in [9.17, 15) is 9.59 Å². The van der Waals surface area contributed by atoms with E-state index in [1.807, 2.05) is 91.0 Å². The highest BCUT2D eigenvalue weighted by molar-refractivity contribution is 7.82. The number of ether oxygens (including phenoxy) is 1. The minimum atomic E-state index is -1.48. The van der Waals surface area contributed by atoms with Crippen LogP contribution in [-0.4, -0.2) is 22.9 Å². The summed E-state index contributed by atoms with van der Waals surface area (Å²) in [5.74, 6) is 0. The lowest BCUT2D eigenvalue weighted by atomic mass is 9.66. The third-order valence-electron chi connectivity index (χ3n) is 5.25. The first-order chi connectivity index (χ1) is 15.2. The van der Waals surface area contributed by atoms with Gasteiger partial charge in [-0.15, -0.1) is 12.6 Å². The van der Waals surface area contributed by atoms with Gasteiger partial charge >= 0.3 is 6.09 Å². The molecule has 1 unspecified atom stereocenters. The molecule has 1 atom stereocenters. The van der Waals surface area contributed by atoms with Gasteiger partial charge in [0.15, 0.2) is 6.29 Å². The SMILES string of the molecule is CC(C)(C)OC(=O)NC(S)(C=O)CC(c1ccccc1)(c1ccccc1)c1ccccc1. The summed E-state index contributed by atoms with van der Waals surface area (Å²) in [4.78, 5) is 23.5. The first kappa shape index (κ1) is 23.6. The van der Waals surface area contributed by atoms with Crippen LogP contribution in [0.3, 0.4) is 0 Å². The third-order valence-corrected chi connectivity index (χ3v) is 5.62. The molecule has 1 amide bonds. The zero-order valence-electron chi connectivity index (χ0n) is 18.6. The molecule has 4 nitrogen and oxygen atoms in total. The van der Waals surface area contributed by atoms with E-state index in [2.05, 4.69) is 17.9 Å². The number of rotatable bonds is 7. The average molecular weight is 448 g/mol. The molecule has 0 saturated carbocycles. The number of hydrogen-bond acceptors (Lipinski definition) is 4. The number of benzene rings is 3. The fourth-order valence-electron chi connectivity index (χ4n) is 3.97. The van der Waals surface area contributed by atoms with Crippen molar-refractivity contribution < 1.29 is 14.3 Å². The van der Waals surface area contributed by atoms with E-state index in [0.29, 0.717) is 6.29 Å². The Balaban J connectivity index is 2.18. The van der Waals surface area contributed by atoms with E-state index in [1.165, 1.54) is 0 Å². The van der Waals surface area contributed by atoms with Crippen LogP contribution in [0.4, 0.5) is 4.79 Å². The van der Waals surface area contributed by atoms with Crippen LogP contribution in [0.2, 0.25) is 0 Å². The second-order valence-corrected chi connectivity index (χ2v) is 9.65. The van der Waals surface area contributed by atoms with Crippen molar-refractivity contribution in [1.29, 1.82) is 0 Å². The summed E-state index contributed by atoms with van der Waals surface area (Å²) in [5.41, 5.74) is 1.52. The average Bonchev–Trinajstić information content (AvgIpc) is 2.78. The smallest absolute Gasteiger partial charge is 0.409 e. The molecule has 1 N–H and O–H groups in total. The van der Waals surface area contributed by atoms with Gasteiger partial charge in [-0.1, -0.05) is 91.0 Å². The first-order valence-electron chi connectivity index (χ1n) is 10.5. The van der Waals surface area contributed by atoms with E-state index in [1.54, 1.807) is 20.8 Å². The van der Waals surface area contributed by atoms with E-state index < -0.39 is 22.0 Å². The highest BCUT2D eigenvalue weighted by atomic mass is 32.1. The van der Waals surface area contributed by atoms with Gasteiger partial charge in [-0.3, -0.25) is 4.79 Å². The predicted molar refractivity (Wildman–Crippen MR) is 131 cm³/mol. The fourth-order valence-corrected chi connectivity index (χ4v) is 4.30. The van der Waals surface area contributed by atoms with Crippen LogP contribution in [-0.2, 0) is 14.9 Å². The van der Waals surface area contributed by atoms with Crippen molar-refractivity contribution in [2.45, 2.75) is 43.1 Å². The van der Waals surface area contributed by atoms with Crippen LogP contribution in [0.5, 0.6) is 0 Å². The Hall–Kier alpha value is -3.05. The molecule has 5 heteroatoms. The monoisotopic (exact) mass is 447 g/mol. The van der Waals surface area contributed by atoms with E-state index in [-0.39, 0.29) is 6.42 Å². The van der Waals surface area contributed by atoms with Crippen molar-refractivity contribution in [2.24, 2.45) is 0 Å². The molecule has 3 aromatic carbocycles. The number of carbonyl (C=O) groups is 2. The summed E-state index contributed by atoms with van der Waals surface area (Å²) in [6.07, 6.45) is 0.163. The van der Waals surface area contributed by atoms with Crippen molar-refractivity contribution in [3.8, 4) is 0 Å². The van der Waals surface area contributed by atoms with Gasteiger partial charge in [0.2, 0.25) is 0 Å². The Bertz CT molecular complexity index is 936. The summed E-state index contributed by atoms with van der Waals surface area (Å²) in [6, 6.07) is 29.9. The second kappa shape index (κ2) is 9.61. The third kappa shape index (κ3) is 5.40. The molecule has 0 spiro atoms.